The van der Waals surface area contributed by atoms with E-state index in [-0.39, 0.29) is 0 Å². The van der Waals surface area contributed by atoms with Crippen LogP contribution in [0.2, 0.25) is 0 Å². The molecule has 8 heteroatoms. The molecule has 0 fully saturated rings. The van der Waals surface area contributed by atoms with Crippen molar-refractivity contribution in [1.29, 1.82) is 0 Å². The van der Waals surface area contributed by atoms with Gasteiger partial charge in [0.15, 0.2) is 0 Å². The van der Waals surface area contributed by atoms with Crippen LogP contribution in [0.4, 0.5) is 0 Å². The van der Waals surface area contributed by atoms with Crippen molar-refractivity contribution in [3.05, 3.63) is 121 Å². The summed E-state index contributed by atoms with van der Waals surface area (Å²) in [5, 5.41) is 17.1. The molecule has 0 saturated carbocycles. The molecule has 8 nitrogen and oxygen atoms in total. The molecule has 4 heterocycles. The van der Waals surface area contributed by atoms with Crippen molar-refractivity contribution in [1.82, 2.24) is 40.0 Å². The molecule has 174 valence electrons. The number of rotatable bonds is 7. The third-order valence-electron chi connectivity index (χ3n) is 5.83. The first-order chi connectivity index (χ1) is 17.8. The van der Waals surface area contributed by atoms with Crippen molar-refractivity contribution in [2.75, 3.05) is 0 Å². The standard InChI is InChI=1S/C28H22N8/c1-3-7-21(8-4-1)17-35-19-27(31-33-35)23-11-13-25(29-15-23)26-14-12-24(16-30-26)28-20-36(34-32-28)18-22-9-5-2-6-10-22/h1-16,19-20H,17-18H2. The predicted molar refractivity (Wildman–Crippen MR) is 137 cm³/mol. The number of nitrogens with zero attached hydrogens (tertiary/aromatic N) is 8. The van der Waals surface area contributed by atoms with Gasteiger partial charge in [0, 0.05) is 23.5 Å². The van der Waals surface area contributed by atoms with Crippen molar-refractivity contribution in [2.45, 2.75) is 13.1 Å². The van der Waals surface area contributed by atoms with E-state index < -0.39 is 0 Å². The molecule has 0 radical (unpaired) electrons. The van der Waals surface area contributed by atoms with E-state index in [2.05, 4.69) is 54.9 Å². The van der Waals surface area contributed by atoms with E-state index in [0.717, 1.165) is 33.9 Å². The van der Waals surface area contributed by atoms with Crippen LogP contribution in [-0.2, 0) is 13.1 Å². The van der Waals surface area contributed by atoms with Gasteiger partial charge in [0.2, 0.25) is 0 Å². The zero-order chi connectivity index (χ0) is 24.2. The molecule has 0 unspecified atom stereocenters. The van der Waals surface area contributed by atoms with Gasteiger partial charge in [0.05, 0.1) is 36.9 Å². The molecule has 0 amide bonds. The first kappa shape index (κ1) is 21.5. The van der Waals surface area contributed by atoms with Crippen LogP contribution in [0.15, 0.2) is 110 Å². The van der Waals surface area contributed by atoms with Gasteiger partial charge in [-0.15, -0.1) is 10.2 Å². The topological polar surface area (TPSA) is 87.2 Å². The highest BCUT2D eigenvalue weighted by atomic mass is 15.4. The molecule has 0 aliphatic heterocycles. The number of benzene rings is 2. The van der Waals surface area contributed by atoms with Gasteiger partial charge >= 0.3 is 0 Å². The molecule has 0 aliphatic carbocycles. The second-order valence-corrected chi connectivity index (χ2v) is 8.44. The minimum Gasteiger partial charge on any atom is -0.254 e. The Morgan fingerprint density at radius 3 is 1.31 bits per heavy atom. The summed E-state index contributed by atoms with van der Waals surface area (Å²) in [6, 6.07) is 28.3. The van der Waals surface area contributed by atoms with Crippen LogP contribution < -0.4 is 0 Å². The van der Waals surface area contributed by atoms with E-state index in [4.69, 9.17) is 0 Å². The lowest BCUT2D eigenvalue weighted by atomic mass is 10.1. The second kappa shape index (κ2) is 9.71. The minimum atomic E-state index is 0.676. The highest BCUT2D eigenvalue weighted by Crippen LogP contribution is 2.22. The number of hydrogen-bond donors (Lipinski definition) is 0. The summed E-state index contributed by atoms with van der Waals surface area (Å²) in [5.74, 6) is 0. The predicted octanol–water partition coefficient (Wildman–Crippen LogP) is 4.76. The van der Waals surface area contributed by atoms with Gasteiger partial charge in [-0.05, 0) is 35.4 Å². The van der Waals surface area contributed by atoms with Crippen LogP contribution in [-0.4, -0.2) is 40.0 Å². The van der Waals surface area contributed by atoms with Gasteiger partial charge < -0.3 is 0 Å². The smallest absolute Gasteiger partial charge is 0.114 e. The Morgan fingerprint density at radius 2 is 0.917 bits per heavy atom. The molecular weight excluding hydrogens is 448 g/mol. The third-order valence-corrected chi connectivity index (χ3v) is 5.83. The van der Waals surface area contributed by atoms with Crippen LogP contribution in [0.25, 0.3) is 33.9 Å². The van der Waals surface area contributed by atoms with Crippen molar-refractivity contribution in [3.8, 4) is 33.9 Å². The Kier molecular flexibility index (Phi) is 5.81. The largest absolute Gasteiger partial charge is 0.254 e. The second-order valence-electron chi connectivity index (χ2n) is 8.44. The van der Waals surface area contributed by atoms with Crippen molar-refractivity contribution >= 4 is 0 Å². The Balaban J connectivity index is 1.13. The molecule has 4 aromatic heterocycles. The fourth-order valence-corrected chi connectivity index (χ4v) is 3.95. The Morgan fingerprint density at radius 1 is 0.472 bits per heavy atom. The van der Waals surface area contributed by atoms with E-state index in [1.165, 1.54) is 11.1 Å². The molecule has 2 aromatic carbocycles. The van der Waals surface area contributed by atoms with Crippen LogP contribution in [0, 0.1) is 0 Å². The fourth-order valence-electron chi connectivity index (χ4n) is 3.95. The molecule has 0 N–H and O–H groups in total. The molecule has 0 aliphatic rings. The summed E-state index contributed by atoms with van der Waals surface area (Å²) in [6.45, 7) is 1.35. The zero-order valence-electron chi connectivity index (χ0n) is 19.4. The maximum Gasteiger partial charge on any atom is 0.114 e. The lowest BCUT2D eigenvalue weighted by molar-refractivity contribution is 0.650. The first-order valence-corrected chi connectivity index (χ1v) is 11.6. The quantitative estimate of drug-likeness (QED) is 0.334. The third kappa shape index (κ3) is 4.78. The van der Waals surface area contributed by atoms with E-state index in [0.29, 0.717) is 13.1 Å². The summed E-state index contributed by atoms with van der Waals surface area (Å²) in [4.78, 5) is 9.20. The van der Waals surface area contributed by atoms with Crippen LogP contribution in [0.3, 0.4) is 0 Å². The van der Waals surface area contributed by atoms with E-state index in [1.807, 2.05) is 82.4 Å². The first-order valence-electron chi connectivity index (χ1n) is 11.6. The van der Waals surface area contributed by atoms with Gasteiger partial charge in [0.1, 0.15) is 11.4 Å². The molecular formula is C28H22N8. The van der Waals surface area contributed by atoms with Crippen LogP contribution in [0.1, 0.15) is 11.1 Å². The van der Waals surface area contributed by atoms with Gasteiger partial charge in [-0.2, -0.15) is 0 Å². The van der Waals surface area contributed by atoms with Gasteiger partial charge in [-0.25, -0.2) is 9.36 Å². The molecule has 0 spiro atoms. The Bertz CT molecular complexity index is 1430. The molecule has 0 bridgehead atoms. The summed E-state index contributed by atoms with van der Waals surface area (Å²) in [7, 11) is 0. The maximum atomic E-state index is 4.60. The summed E-state index contributed by atoms with van der Waals surface area (Å²) in [5.41, 5.74) is 7.31. The lowest BCUT2D eigenvalue weighted by Gasteiger charge is -2.03. The maximum absolute atomic E-state index is 4.60. The average Bonchev–Trinajstić information content (AvgIpc) is 3.60. The summed E-state index contributed by atoms with van der Waals surface area (Å²) < 4.78 is 3.66. The zero-order valence-corrected chi connectivity index (χ0v) is 19.4. The molecule has 6 rings (SSSR count). The SMILES string of the molecule is c1ccc(Cn2cc(-c3ccc(-c4ccc(-c5cn(Cc6ccccc6)nn5)cn4)nc3)nn2)cc1. The van der Waals surface area contributed by atoms with Gasteiger partial charge in [0.25, 0.3) is 0 Å². The summed E-state index contributed by atoms with van der Waals surface area (Å²) in [6.07, 6.45) is 7.47. The van der Waals surface area contributed by atoms with Crippen molar-refractivity contribution in [3.63, 3.8) is 0 Å². The van der Waals surface area contributed by atoms with E-state index in [1.54, 1.807) is 12.4 Å². The van der Waals surface area contributed by atoms with Crippen LogP contribution >= 0.6 is 0 Å². The molecule has 36 heavy (non-hydrogen) atoms. The summed E-state index contributed by atoms with van der Waals surface area (Å²) >= 11 is 0. The van der Waals surface area contributed by atoms with Crippen LogP contribution in [0.5, 0.6) is 0 Å². The fraction of sp³-hybridized carbons (Fsp3) is 0.0714. The lowest BCUT2D eigenvalue weighted by Crippen LogP contribution is -1.99. The molecule has 0 atom stereocenters. The highest BCUT2D eigenvalue weighted by molar-refractivity contribution is 5.64. The minimum absolute atomic E-state index is 0.676. The number of hydrogen-bond acceptors (Lipinski definition) is 6. The Hall–Kier alpha value is -4.98. The molecule has 0 saturated heterocycles. The normalized spacial score (nSPS) is 11.0. The average molecular weight is 471 g/mol. The Labute approximate surface area is 207 Å². The van der Waals surface area contributed by atoms with Gasteiger partial charge in [-0.1, -0.05) is 71.1 Å². The molecule has 6 aromatic rings. The van der Waals surface area contributed by atoms with Gasteiger partial charge in [-0.3, -0.25) is 9.97 Å². The van der Waals surface area contributed by atoms with E-state index >= 15 is 0 Å². The van der Waals surface area contributed by atoms with Crippen molar-refractivity contribution < 1.29 is 0 Å². The van der Waals surface area contributed by atoms with Crippen molar-refractivity contribution in [2.24, 2.45) is 0 Å². The van der Waals surface area contributed by atoms with E-state index in [9.17, 15) is 0 Å². The number of pyridine rings is 2. The number of aromatic nitrogens is 8. The monoisotopic (exact) mass is 470 g/mol. The highest BCUT2D eigenvalue weighted by Gasteiger charge is 2.09.